The predicted octanol–water partition coefficient (Wildman–Crippen LogP) is 4.43. The first-order chi connectivity index (χ1) is 12.1. The average Bonchev–Trinajstić information content (AvgIpc) is 2.65. The van der Waals surface area contributed by atoms with Gasteiger partial charge in [0, 0.05) is 0 Å². The summed E-state index contributed by atoms with van der Waals surface area (Å²) in [5, 5.41) is 0. The zero-order valence-corrected chi connectivity index (χ0v) is 13.6. The smallest absolute Gasteiger partial charge is 0.343 e. The van der Waals surface area contributed by atoms with Crippen LogP contribution in [-0.4, -0.2) is 11.9 Å². The van der Waals surface area contributed by atoms with Crippen molar-refractivity contribution in [2.45, 2.75) is 6.92 Å². The van der Waals surface area contributed by atoms with Crippen molar-refractivity contribution in [3.63, 3.8) is 0 Å². The highest BCUT2D eigenvalue weighted by molar-refractivity contribution is 5.92. The fourth-order valence-corrected chi connectivity index (χ4v) is 2.17. The van der Waals surface area contributed by atoms with Crippen molar-refractivity contribution in [1.82, 2.24) is 0 Å². The van der Waals surface area contributed by atoms with E-state index in [1.807, 2.05) is 25.1 Å². The lowest BCUT2D eigenvalue weighted by Gasteiger charge is -2.07. The molecule has 0 unspecified atom stereocenters. The summed E-state index contributed by atoms with van der Waals surface area (Å²) in [7, 11) is 0. The lowest BCUT2D eigenvalue weighted by atomic mass is 10.2. The highest BCUT2D eigenvalue weighted by atomic mass is 16.5. The molecule has 0 saturated carbocycles. The second-order valence-corrected chi connectivity index (χ2v) is 5.48. The van der Waals surface area contributed by atoms with Crippen molar-refractivity contribution < 1.29 is 19.1 Å². The van der Waals surface area contributed by atoms with Crippen LogP contribution in [0, 0.1) is 6.92 Å². The highest BCUT2D eigenvalue weighted by Crippen LogP contribution is 2.17. The molecule has 4 nitrogen and oxygen atoms in total. The topological polar surface area (TPSA) is 52.6 Å². The van der Waals surface area contributed by atoms with Gasteiger partial charge in [-0.25, -0.2) is 9.59 Å². The van der Waals surface area contributed by atoms with Gasteiger partial charge in [0.2, 0.25) is 0 Å². The zero-order chi connectivity index (χ0) is 17.6. The van der Waals surface area contributed by atoms with Gasteiger partial charge in [0.1, 0.15) is 11.5 Å². The number of hydrogen-bond acceptors (Lipinski definition) is 4. The van der Waals surface area contributed by atoms with Crippen LogP contribution >= 0.6 is 0 Å². The quantitative estimate of drug-likeness (QED) is 0.524. The van der Waals surface area contributed by atoms with Gasteiger partial charge in [-0.2, -0.15) is 0 Å². The van der Waals surface area contributed by atoms with Gasteiger partial charge in [-0.1, -0.05) is 35.9 Å². The number of ether oxygens (including phenoxy) is 2. The molecule has 0 aromatic heterocycles. The third kappa shape index (κ3) is 4.32. The summed E-state index contributed by atoms with van der Waals surface area (Å²) in [6.07, 6.45) is 0. The Hall–Kier alpha value is -3.40. The van der Waals surface area contributed by atoms with Crippen molar-refractivity contribution in [1.29, 1.82) is 0 Å². The van der Waals surface area contributed by atoms with E-state index in [4.69, 9.17) is 9.47 Å². The van der Waals surface area contributed by atoms with Crippen LogP contribution in [0.1, 0.15) is 26.3 Å². The van der Waals surface area contributed by atoms with Crippen molar-refractivity contribution in [3.05, 3.63) is 95.6 Å². The van der Waals surface area contributed by atoms with Crippen molar-refractivity contribution in [3.8, 4) is 11.5 Å². The second kappa shape index (κ2) is 7.45. The Balaban J connectivity index is 1.64. The lowest BCUT2D eigenvalue weighted by Crippen LogP contribution is -2.10. The average molecular weight is 332 g/mol. The number of carbonyl (C=O) groups excluding carboxylic acids is 2. The maximum atomic E-state index is 12.1. The largest absolute Gasteiger partial charge is 0.423 e. The zero-order valence-electron chi connectivity index (χ0n) is 13.6. The molecule has 0 atom stereocenters. The maximum absolute atomic E-state index is 12.1. The third-order valence-corrected chi connectivity index (χ3v) is 3.54. The number of esters is 2. The third-order valence-electron chi connectivity index (χ3n) is 3.54. The number of hydrogen-bond donors (Lipinski definition) is 0. The summed E-state index contributed by atoms with van der Waals surface area (Å²) >= 11 is 0. The molecule has 4 heteroatoms. The van der Waals surface area contributed by atoms with E-state index in [2.05, 4.69) is 0 Å². The van der Waals surface area contributed by atoms with Crippen LogP contribution in [0.2, 0.25) is 0 Å². The van der Waals surface area contributed by atoms with Gasteiger partial charge in [-0.15, -0.1) is 0 Å². The Morgan fingerprint density at radius 1 is 0.600 bits per heavy atom. The Kier molecular flexibility index (Phi) is 4.90. The standard InChI is InChI=1S/C21H16O4/c1-15-7-11-18(12-8-15)24-21(23)17-9-13-19(14-10-17)25-20(22)16-5-3-2-4-6-16/h2-14H,1H3. The van der Waals surface area contributed by atoms with Crippen LogP contribution in [-0.2, 0) is 0 Å². The minimum absolute atomic E-state index is 0.362. The Morgan fingerprint density at radius 3 is 1.56 bits per heavy atom. The SMILES string of the molecule is Cc1ccc(OC(=O)c2ccc(OC(=O)c3ccccc3)cc2)cc1. The van der Waals surface area contributed by atoms with E-state index in [0.717, 1.165) is 5.56 Å². The number of aryl methyl sites for hydroxylation is 1. The van der Waals surface area contributed by atoms with Gasteiger partial charge in [-0.3, -0.25) is 0 Å². The molecule has 0 saturated heterocycles. The molecule has 0 N–H and O–H groups in total. The molecule has 124 valence electrons. The minimum atomic E-state index is -0.468. The summed E-state index contributed by atoms with van der Waals surface area (Å²) in [6.45, 7) is 1.96. The number of benzene rings is 3. The normalized spacial score (nSPS) is 10.1. The van der Waals surface area contributed by atoms with E-state index < -0.39 is 11.9 Å². The molecule has 3 rings (SSSR count). The van der Waals surface area contributed by atoms with Gasteiger partial charge in [0.05, 0.1) is 11.1 Å². The van der Waals surface area contributed by atoms with Gasteiger partial charge >= 0.3 is 11.9 Å². The van der Waals surface area contributed by atoms with Crippen molar-refractivity contribution in [2.24, 2.45) is 0 Å². The van der Waals surface area contributed by atoms with Gasteiger partial charge < -0.3 is 9.47 Å². The molecule has 0 bridgehead atoms. The van der Waals surface area contributed by atoms with Crippen LogP contribution in [0.5, 0.6) is 11.5 Å². The summed E-state index contributed by atoms with van der Waals surface area (Å²) < 4.78 is 10.6. The predicted molar refractivity (Wildman–Crippen MR) is 94.0 cm³/mol. The first-order valence-corrected chi connectivity index (χ1v) is 7.78. The fourth-order valence-electron chi connectivity index (χ4n) is 2.17. The maximum Gasteiger partial charge on any atom is 0.343 e. The van der Waals surface area contributed by atoms with Crippen molar-refractivity contribution in [2.75, 3.05) is 0 Å². The van der Waals surface area contributed by atoms with E-state index in [9.17, 15) is 9.59 Å². The Bertz CT molecular complexity index is 866. The fraction of sp³-hybridized carbons (Fsp3) is 0.0476. The molecule has 0 aliphatic rings. The van der Waals surface area contributed by atoms with Crippen molar-refractivity contribution >= 4 is 11.9 Å². The first-order valence-electron chi connectivity index (χ1n) is 7.78. The Labute approximate surface area is 145 Å². The molecule has 0 fully saturated rings. The molecule has 3 aromatic rings. The molecule has 25 heavy (non-hydrogen) atoms. The number of rotatable bonds is 4. The minimum Gasteiger partial charge on any atom is -0.423 e. The van der Waals surface area contributed by atoms with E-state index in [1.165, 1.54) is 0 Å². The summed E-state index contributed by atoms with van der Waals surface area (Å²) in [5.74, 6) is -0.0729. The molecule has 0 amide bonds. The van der Waals surface area contributed by atoms with Crippen LogP contribution in [0.15, 0.2) is 78.9 Å². The molecule has 0 heterocycles. The van der Waals surface area contributed by atoms with E-state index >= 15 is 0 Å². The molecule has 0 radical (unpaired) electrons. The van der Waals surface area contributed by atoms with Crippen LogP contribution < -0.4 is 9.47 Å². The Morgan fingerprint density at radius 2 is 1.04 bits per heavy atom. The summed E-state index contributed by atoms with van der Waals surface area (Å²) in [4.78, 5) is 24.1. The molecular formula is C21H16O4. The molecule has 0 aliphatic carbocycles. The monoisotopic (exact) mass is 332 g/mol. The molecule has 3 aromatic carbocycles. The highest BCUT2D eigenvalue weighted by Gasteiger charge is 2.11. The summed E-state index contributed by atoms with van der Waals surface area (Å²) in [6, 6.07) is 22.2. The summed E-state index contributed by atoms with van der Waals surface area (Å²) in [5.41, 5.74) is 1.93. The van der Waals surface area contributed by atoms with Gasteiger partial charge in [-0.05, 0) is 55.5 Å². The molecule has 0 aliphatic heterocycles. The van der Waals surface area contributed by atoms with Crippen LogP contribution in [0.4, 0.5) is 0 Å². The molecular weight excluding hydrogens is 316 g/mol. The van der Waals surface area contributed by atoms with E-state index in [-0.39, 0.29) is 0 Å². The van der Waals surface area contributed by atoms with Gasteiger partial charge in [0.25, 0.3) is 0 Å². The van der Waals surface area contributed by atoms with Gasteiger partial charge in [0.15, 0.2) is 0 Å². The second-order valence-electron chi connectivity index (χ2n) is 5.48. The van der Waals surface area contributed by atoms with E-state index in [1.54, 1.807) is 60.7 Å². The van der Waals surface area contributed by atoms with Crippen LogP contribution in [0.25, 0.3) is 0 Å². The number of carbonyl (C=O) groups is 2. The van der Waals surface area contributed by atoms with E-state index in [0.29, 0.717) is 22.6 Å². The lowest BCUT2D eigenvalue weighted by molar-refractivity contribution is 0.0730. The molecule has 0 spiro atoms. The van der Waals surface area contributed by atoms with Crippen LogP contribution in [0.3, 0.4) is 0 Å². The first kappa shape index (κ1) is 16.5.